The molecule has 0 saturated heterocycles. The number of nitrogens with zero attached hydrogens (tertiary/aromatic N) is 2. The Labute approximate surface area is 213 Å². The van der Waals surface area contributed by atoms with Crippen molar-refractivity contribution in [2.75, 3.05) is 27.3 Å². The Morgan fingerprint density at radius 3 is 2.47 bits per heavy atom. The number of rotatable bonds is 11. The van der Waals surface area contributed by atoms with Gasteiger partial charge in [0.05, 0.1) is 20.3 Å². The smallest absolute Gasteiger partial charge is 0.172 e. The summed E-state index contributed by atoms with van der Waals surface area (Å²) in [6.07, 6.45) is 6.62. The number of hydrogen-bond acceptors (Lipinski definition) is 6. The maximum absolute atomic E-state index is 11.1. The highest BCUT2D eigenvalue weighted by Crippen LogP contribution is 2.41. The van der Waals surface area contributed by atoms with Crippen LogP contribution in [-0.2, 0) is 12.8 Å². The highest BCUT2D eigenvalue weighted by molar-refractivity contribution is 5.77. The molecule has 4 rings (SSSR count). The average Bonchev–Trinajstić information content (AvgIpc) is 2.91. The maximum atomic E-state index is 11.1. The van der Waals surface area contributed by atoms with E-state index in [-0.39, 0.29) is 17.5 Å². The van der Waals surface area contributed by atoms with E-state index in [1.165, 1.54) is 16.7 Å². The average molecular weight is 489 g/mol. The number of hydrogen-bond donors (Lipinski definition) is 1. The van der Waals surface area contributed by atoms with E-state index in [1.54, 1.807) is 14.2 Å². The first-order valence-electron chi connectivity index (χ1n) is 12.7. The summed E-state index contributed by atoms with van der Waals surface area (Å²) in [6, 6.07) is 17.0. The molecule has 0 radical (unpaired) electrons. The number of pyridine rings is 1. The molecule has 1 aliphatic heterocycles. The van der Waals surface area contributed by atoms with E-state index >= 15 is 0 Å². The maximum Gasteiger partial charge on any atom is 0.172 e. The Morgan fingerprint density at radius 1 is 1.03 bits per heavy atom. The lowest BCUT2D eigenvalue weighted by molar-refractivity contribution is 0.111. The normalized spacial score (nSPS) is 15.4. The standard InChI is InChI=1S/C30H36N2O4/c1-21-17-24(30(34)26(20-33)31-21)13-7-4-5-10-15-32-16-14-23-18-27(35-2)28(36-3)19-25(23)29(32)22-11-8-6-9-12-22/h6,8-9,11-12,17-20,29,34H,4-5,7,10,13-16H2,1-3H3. The van der Waals surface area contributed by atoms with Crippen molar-refractivity contribution in [3.05, 3.63) is 82.2 Å². The second kappa shape index (κ2) is 12.0. The molecule has 1 unspecified atom stereocenters. The number of unbranched alkanes of at least 4 members (excludes halogenated alkanes) is 3. The summed E-state index contributed by atoms with van der Waals surface area (Å²) < 4.78 is 11.2. The van der Waals surface area contributed by atoms with Crippen LogP contribution in [0.1, 0.15) is 70.2 Å². The third kappa shape index (κ3) is 5.71. The van der Waals surface area contributed by atoms with Crippen molar-refractivity contribution < 1.29 is 19.4 Å². The number of aromatic hydroxyl groups is 1. The lowest BCUT2D eigenvalue weighted by Gasteiger charge is -2.38. The van der Waals surface area contributed by atoms with Crippen molar-refractivity contribution in [2.45, 2.75) is 51.5 Å². The van der Waals surface area contributed by atoms with Gasteiger partial charge in [-0.3, -0.25) is 9.69 Å². The molecule has 0 saturated carbocycles. The molecular formula is C30H36N2O4. The van der Waals surface area contributed by atoms with Crippen LogP contribution >= 0.6 is 0 Å². The van der Waals surface area contributed by atoms with Gasteiger partial charge in [-0.05, 0) is 79.6 Å². The van der Waals surface area contributed by atoms with Crippen molar-refractivity contribution >= 4 is 6.29 Å². The predicted octanol–water partition coefficient (Wildman–Crippen LogP) is 5.68. The van der Waals surface area contributed by atoms with Crippen LogP contribution in [0.25, 0.3) is 0 Å². The van der Waals surface area contributed by atoms with Crippen LogP contribution in [0.4, 0.5) is 0 Å². The van der Waals surface area contributed by atoms with Crippen LogP contribution in [-0.4, -0.2) is 48.6 Å². The molecule has 1 N–H and O–H groups in total. The molecule has 6 nitrogen and oxygen atoms in total. The molecule has 0 bridgehead atoms. The van der Waals surface area contributed by atoms with E-state index in [4.69, 9.17) is 9.47 Å². The molecule has 1 aliphatic rings. The lowest BCUT2D eigenvalue weighted by Crippen LogP contribution is -2.36. The van der Waals surface area contributed by atoms with Gasteiger partial charge in [-0.2, -0.15) is 0 Å². The van der Waals surface area contributed by atoms with Crippen LogP contribution in [0, 0.1) is 6.92 Å². The second-order valence-corrected chi connectivity index (χ2v) is 9.44. The lowest BCUT2D eigenvalue weighted by atomic mass is 9.87. The minimum atomic E-state index is 0.0281. The Kier molecular flexibility index (Phi) is 8.60. The molecule has 2 aromatic carbocycles. The van der Waals surface area contributed by atoms with Crippen LogP contribution in [0.5, 0.6) is 17.2 Å². The third-order valence-electron chi connectivity index (χ3n) is 7.07. The first-order chi connectivity index (χ1) is 17.5. The molecule has 36 heavy (non-hydrogen) atoms. The highest BCUT2D eigenvalue weighted by Gasteiger charge is 2.30. The van der Waals surface area contributed by atoms with Gasteiger partial charge in [0.25, 0.3) is 0 Å². The zero-order chi connectivity index (χ0) is 25.5. The van der Waals surface area contributed by atoms with Gasteiger partial charge in [0.2, 0.25) is 0 Å². The monoisotopic (exact) mass is 488 g/mol. The number of fused-ring (bicyclic) bond motifs is 1. The number of carbonyl (C=O) groups is 1. The molecule has 190 valence electrons. The number of aromatic nitrogens is 1. The Balaban J connectivity index is 1.40. The predicted molar refractivity (Wildman–Crippen MR) is 141 cm³/mol. The van der Waals surface area contributed by atoms with Crippen molar-refractivity contribution in [1.82, 2.24) is 9.88 Å². The molecule has 0 spiro atoms. The SMILES string of the molecule is COc1cc2c(cc1OC)C(c1ccccc1)N(CCCCCCc1cc(C)nc(C=O)c1O)CC2. The molecule has 6 heteroatoms. The first kappa shape index (κ1) is 25.7. The van der Waals surface area contributed by atoms with Crippen molar-refractivity contribution in [3.63, 3.8) is 0 Å². The Hall–Kier alpha value is -3.38. The number of benzene rings is 2. The van der Waals surface area contributed by atoms with Crippen molar-refractivity contribution in [1.29, 1.82) is 0 Å². The summed E-state index contributed by atoms with van der Waals surface area (Å²) in [6.45, 7) is 3.87. The number of ether oxygens (including phenoxy) is 2. The van der Waals surface area contributed by atoms with Crippen LogP contribution in [0.2, 0.25) is 0 Å². The van der Waals surface area contributed by atoms with Gasteiger partial charge in [-0.25, -0.2) is 4.98 Å². The minimum absolute atomic E-state index is 0.0281. The van der Waals surface area contributed by atoms with Gasteiger partial charge in [-0.1, -0.05) is 43.2 Å². The summed E-state index contributed by atoms with van der Waals surface area (Å²) >= 11 is 0. The van der Waals surface area contributed by atoms with Gasteiger partial charge in [0.15, 0.2) is 17.8 Å². The molecule has 0 amide bonds. The largest absolute Gasteiger partial charge is 0.505 e. The fourth-order valence-electron chi connectivity index (χ4n) is 5.28. The molecule has 1 atom stereocenters. The van der Waals surface area contributed by atoms with E-state index < -0.39 is 0 Å². The van der Waals surface area contributed by atoms with Crippen molar-refractivity contribution in [3.8, 4) is 17.2 Å². The molecule has 0 fully saturated rings. The zero-order valence-corrected chi connectivity index (χ0v) is 21.5. The molecule has 3 aromatic rings. The van der Waals surface area contributed by atoms with E-state index in [2.05, 4.69) is 52.3 Å². The van der Waals surface area contributed by atoms with Crippen LogP contribution < -0.4 is 9.47 Å². The number of aryl methyl sites for hydroxylation is 2. The number of carbonyl (C=O) groups excluding carboxylic acids is 1. The fraction of sp³-hybridized carbons (Fsp3) is 0.400. The van der Waals surface area contributed by atoms with E-state index in [9.17, 15) is 9.90 Å². The summed E-state index contributed by atoms with van der Waals surface area (Å²) in [7, 11) is 3.38. The quantitative estimate of drug-likeness (QED) is 0.277. The topological polar surface area (TPSA) is 71.9 Å². The summed E-state index contributed by atoms with van der Waals surface area (Å²) in [5.41, 5.74) is 5.61. The fourth-order valence-corrected chi connectivity index (χ4v) is 5.28. The molecular weight excluding hydrogens is 452 g/mol. The number of aldehydes is 1. The van der Waals surface area contributed by atoms with Crippen LogP contribution in [0.3, 0.4) is 0 Å². The van der Waals surface area contributed by atoms with Gasteiger partial charge in [0, 0.05) is 12.2 Å². The van der Waals surface area contributed by atoms with E-state index in [1.807, 2.05) is 13.0 Å². The van der Waals surface area contributed by atoms with Gasteiger partial charge in [0.1, 0.15) is 11.4 Å². The zero-order valence-electron chi connectivity index (χ0n) is 21.5. The van der Waals surface area contributed by atoms with Gasteiger partial charge in [-0.15, -0.1) is 0 Å². The van der Waals surface area contributed by atoms with E-state index in [0.717, 1.165) is 74.4 Å². The third-order valence-corrected chi connectivity index (χ3v) is 7.07. The van der Waals surface area contributed by atoms with Crippen LogP contribution in [0.15, 0.2) is 48.5 Å². The molecule has 1 aromatic heterocycles. The Morgan fingerprint density at radius 2 is 1.75 bits per heavy atom. The second-order valence-electron chi connectivity index (χ2n) is 9.44. The summed E-state index contributed by atoms with van der Waals surface area (Å²) in [5.74, 6) is 1.58. The number of methoxy groups -OCH3 is 2. The van der Waals surface area contributed by atoms with Gasteiger partial charge < -0.3 is 14.6 Å². The minimum Gasteiger partial charge on any atom is -0.505 e. The van der Waals surface area contributed by atoms with Crippen molar-refractivity contribution in [2.24, 2.45) is 0 Å². The molecule has 0 aliphatic carbocycles. The summed E-state index contributed by atoms with van der Waals surface area (Å²) in [4.78, 5) is 17.8. The Bertz CT molecular complexity index is 1180. The molecule has 2 heterocycles. The van der Waals surface area contributed by atoms with Gasteiger partial charge >= 0.3 is 0 Å². The summed E-state index contributed by atoms with van der Waals surface area (Å²) in [5, 5.41) is 10.3. The first-order valence-corrected chi connectivity index (χ1v) is 12.7. The van der Waals surface area contributed by atoms with E-state index in [0.29, 0.717) is 6.29 Å². The highest BCUT2D eigenvalue weighted by atomic mass is 16.5.